The van der Waals surface area contributed by atoms with Gasteiger partial charge in [0.15, 0.2) is 5.78 Å². The molecule has 42 heavy (non-hydrogen) atoms. The number of ketones is 1. The third kappa shape index (κ3) is 6.02. The summed E-state index contributed by atoms with van der Waals surface area (Å²) >= 11 is 0. The Morgan fingerprint density at radius 1 is 0.619 bits per heavy atom. The van der Waals surface area contributed by atoms with Crippen LogP contribution in [0.25, 0.3) is 21.5 Å². The molecule has 3 aromatic carbocycles. The highest BCUT2D eigenvalue weighted by Gasteiger charge is 2.33. The van der Waals surface area contributed by atoms with E-state index in [1.807, 2.05) is 41.5 Å². The number of hydrogen-bond acceptors (Lipinski definition) is 5. The van der Waals surface area contributed by atoms with Crippen LogP contribution in [0.1, 0.15) is 120 Å². The molecule has 0 heterocycles. The number of benzene rings is 3. The van der Waals surface area contributed by atoms with Crippen LogP contribution in [-0.4, -0.2) is 17.7 Å². The molecule has 222 valence electrons. The summed E-state index contributed by atoms with van der Waals surface area (Å²) in [5, 5.41) is 4.46. The summed E-state index contributed by atoms with van der Waals surface area (Å²) in [6.45, 7) is 13.5. The molecule has 5 rings (SSSR count). The van der Waals surface area contributed by atoms with Gasteiger partial charge in [0.25, 0.3) is 0 Å². The maximum absolute atomic E-state index is 12.6. The molecule has 0 N–H and O–H groups in total. The van der Waals surface area contributed by atoms with E-state index in [1.165, 1.54) is 16.5 Å². The Bertz CT molecular complexity index is 1560. The number of allylic oxidation sites excluding steroid dienone is 2. The van der Waals surface area contributed by atoms with Crippen LogP contribution in [0.4, 0.5) is 0 Å². The molecule has 0 spiro atoms. The Morgan fingerprint density at radius 3 is 1.52 bits per heavy atom. The van der Waals surface area contributed by atoms with E-state index in [2.05, 4.69) is 49.4 Å². The molecule has 0 fully saturated rings. The molecule has 4 unspecified atom stereocenters. The molecule has 0 radical (unpaired) electrons. The van der Waals surface area contributed by atoms with E-state index in [0.29, 0.717) is 18.8 Å². The standard InChI is InChI=1S/C37H44O5/c1-20(2)33(38)11-10-24-9-8-23(7)29-16-25-14-27-18-31-32(19-28(27)15-26(25)17-30(24)29)35(42-37(40)22(5)6)13-12-34(31)41-36(39)21(3)4/h10-11,14-24,34-35H,8-9,12-13H2,1-7H3/b11-10-. The number of carbonyl (C=O) groups excluding carboxylic acids is 3. The van der Waals surface area contributed by atoms with Crippen molar-refractivity contribution in [2.75, 3.05) is 0 Å². The first kappa shape index (κ1) is 30.0. The van der Waals surface area contributed by atoms with Gasteiger partial charge in [0.2, 0.25) is 0 Å². The Morgan fingerprint density at radius 2 is 1.07 bits per heavy atom. The molecular weight excluding hydrogens is 524 g/mol. The lowest BCUT2D eigenvalue weighted by Gasteiger charge is -2.32. The average Bonchev–Trinajstić information content (AvgIpc) is 2.94. The van der Waals surface area contributed by atoms with Crippen LogP contribution in [0.15, 0.2) is 48.6 Å². The molecular formula is C37H44O5. The number of rotatable bonds is 7. The van der Waals surface area contributed by atoms with Crippen molar-refractivity contribution in [1.29, 1.82) is 0 Å². The molecule has 0 saturated carbocycles. The average molecular weight is 569 g/mol. The van der Waals surface area contributed by atoms with E-state index >= 15 is 0 Å². The molecule has 0 bridgehead atoms. The van der Waals surface area contributed by atoms with Crippen LogP contribution in [0, 0.1) is 17.8 Å². The first-order valence-corrected chi connectivity index (χ1v) is 15.6. The summed E-state index contributed by atoms with van der Waals surface area (Å²) in [6.07, 6.45) is 6.46. The second-order valence-electron chi connectivity index (χ2n) is 13.2. The van der Waals surface area contributed by atoms with Crippen LogP contribution in [0.3, 0.4) is 0 Å². The summed E-state index contributed by atoms with van der Waals surface area (Å²) in [5.41, 5.74) is 4.50. The van der Waals surface area contributed by atoms with Gasteiger partial charge in [-0.2, -0.15) is 0 Å². The van der Waals surface area contributed by atoms with Gasteiger partial charge in [-0.05, 0) is 106 Å². The number of ether oxygens (including phenoxy) is 2. The number of fused-ring (bicyclic) bond motifs is 4. The second-order valence-corrected chi connectivity index (χ2v) is 13.2. The van der Waals surface area contributed by atoms with Gasteiger partial charge < -0.3 is 9.47 Å². The van der Waals surface area contributed by atoms with Crippen molar-refractivity contribution in [3.63, 3.8) is 0 Å². The summed E-state index contributed by atoms with van der Waals surface area (Å²) in [4.78, 5) is 37.5. The van der Waals surface area contributed by atoms with Crippen molar-refractivity contribution >= 4 is 39.3 Å². The molecule has 5 heteroatoms. The summed E-state index contributed by atoms with van der Waals surface area (Å²) in [6, 6.07) is 13.3. The van der Waals surface area contributed by atoms with E-state index in [1.54, 1.807) is 6.08 Å². The lowest BCUT2D eigenvalue weighted by molar-refractivity contribution is -0.159. The molecule has 3 aromatic rings. The number of hydrogen-bond donors (Lipinski definition) is 0. The largest absolute Gasteiger partial charge is 0.457 e. The van der Waals surface area contributed by atoms with Gasteiger partial charge in [0.1, 0.15) is 12.2 Å². The molecule has 5 nitrogen and oxygen atoms in total. The van der Waals surface area contributed by atoms with Gasteiger partial charge in [-0.25, -0.2) is 0 Å². The van der Waals surface area contributed by atoms with Gasteiger partial charge in [0.05, 0.1) is 11.8 Å². The van der Waals surface area contributed by atoms with E-state index < -0.39 is 0 Å². The fourth-order valence-corrected chi connectivity index (χ4v) is 6.23. The monoisotopic (exact) mass is 568 g/mol. The van der Waals surface area contributed by atoms with E-state index in [9.17, 15) is 14.4 Å². The Balaban J connectivity index is 1.61. The predicted molar refractivity (Wildman–Crippen MR) is 167 cm³/mol. The topological polar surface area (TPSA) is 69.7 Å². The first-order chi connectivity index (χ1) is 19.9. The molecule has 2 aliphatic carbocycles. The fourth-order valence-electron chi connectivity index (χ4n) is 6.23. The third-order valence-corrected chi connectivity index (χ3v) is 8.95. The molecule has 0 aromatic heterocycles. The van der Waals surface area contributed by atoms with Crippen molar-refractivity contribution in [3.8, 4) is 0 Å². The van der Waals surface area contributed by atoms with Crippen LogP contribution >= 0.6 is 0 Å². The highest BCUT2D eigenvalue weighted by atomic mass is 16.6. The molecule has 0 amide bonds. The van der Waals surface area contributed by atoms with Gasteiger partial charge in [-0.1, -0.05) is 66.7 Å². The Hall–Kier alpha value is -3.47. The Kier molecular flexibility index (Phi) is 8.59. The van der Waals surface area contributed by atoms with Crippen molar-refractivity contribution in [2.45, 2.75) is 98.2 Å². The lowest BCUT2D eigenvalue weighted by Crippen LogP contribution is -2.25. The number of carbonyl (C=O) groups is 3. The zero-order valence-corrected chi connectivity index (χ0v) is 26.0. The van der Waals surface area contributed by atoms with Gasteiger partial charge in [-0.3, -0.25) is 14.4 Å². The maximum atomic E-state index is 12.6. The van der Waals surface area contributed by atoms with Gasteiger partial charge in [-0.15, -0.1) is 0 Å². The maximum Gasteiger partial charge on any atom is 0.308 e. The van der Waals surface area contributed by atoms with Crippen molar-refractivity contribution in [1.82, 2.24) is 0 Å². The van der Waals surface area contributed by atoms with Crippen molar-refractivity contribution < 1.29 is 23.9 Å². The zero-order valence-electron chi connectivity index (χ0n) is 26.0. The molecule has 2 aliphatic rings. The van der Waals surface area contributed by atoms with Gasteiger partial charge in [0, 0.05) is 11.8 Å². The normalized spacial score (nSPS) is 22.1. The predicted octanol–water partition coefficient (Wildman–Crippen LogP) is 9.03. The Labute approximate surface area is 249 Å². The minimum Gasteiger partial charge on any atom is -0.457 e. The van der Waals surface area contributed by atoms with E-state index in [0.717, 1.165) is 40.1 Å². The zero-order chi connectivity index (χ0) is 30.3. The summed E-state index contributed by atoms with van der Waals surface area (Å²) in [5.74, 6) is -0.0555. The lowest BCUT2D eigenvalue weighted by atomic mass is 9.76. The smallest absolute Gasteiger partial charge is 0.308 e. The minimum absolute atomic E-state index is 0.00532. The van der Waals surface area contributed by atoms with E-state index in [-0.39, 0.29) is 53.6 Å². The van der Waals surface area contributed by atoms with Gasteiger partial charge >= 0.3 is 11.9 Å². The quantitative estimate of drug-likeness (QED) is 0.162. The molecule has 4 atom stereocenters. The highest BCUT2D eigenvalue weighted by molar-refractivity contribution is 6.00. The first-order valence-electron chi connectivity index (χ1n) is 15.6. The highest BCUT2D eigenvalue weighted by Crippen LogP contribution is 2.45. The molecule has 0 aliphatic heterocycles. The van der Waals surface area contributed by atoms with Crippen LogP contribution in [0.5, 0.6) is 0 Å². The summed E-state index contributed by atoms with van der Waals surface area (Å²) in [7, 11) is 0. The van der Waals surface area contributed by atoms with Crippen LogP contribution in [-0.2, 0) is 23.9 Å². The van der Waals surface area contributed by atoms with Crippen LogP contribution < -0.4 is 0 Å². The fraction of sp³-hybridized carbons (Fsp3) is 0.486. The van der Waals surface area contributed by atoms with Crippen LogP contribution in [0.2, 0.25) is 0 Å². The molecule has 0 saturated heterocycles. The minimum atomic E-state index is -0.374. The third-order valence-electron chi connectivity index (χ3n) is 8.95. The van der Waals surface area contributed by atoms with Crippen molar-refractivity contribution in [3.05, 3.63) is 70.8 Å². The summed E-state index contributed by atoms with van der Waals surface area (Å²) < 4.78 is 11.9. The SMILES string of the molecule is CC(C)C(=O)/C=C\C1CCC(C)c2cc3cc4cc5c(cc4cc3cc21)C(OC(=O)C(C)C)CCC5OC(=O)C(C)C. The van der Waals surface area contributed by atoms with Crippen molar-refractivity contribution in [2.24, 2.45) is 17.8 Å². The number of esters is 2. The second kappa shape index (κ2) is 12.0. The van der Waals surface area contributed by atoms with E-state index in [4.69, 9.17) is 9.47 Å².